The number of aliphatic hydroxyl groups excluding tert-OH is 1. The van der Waals surface area contributed by atoms with Gasteiger partial charge in [-0.05, 0) is 31.4 Å². The molecule has 0 spiro atoms. The highest BCUT2D eigenvalue weighted by atomic mass is 16.3. The van der Waals surface area contributed by atoms with Crippen LogP contribution in [-0.2, 0) is 5.41 Å². The minimum Gasteiger partial charge on any atom is -0.393 e. The van der Waals surface area contributed by atoms with Crippen LogP contribution in [0.4, 0.5) is 0 Å². The van der Waals surface area contributed by atoms with Gasteiger partial charge in [0.15, 0.2) is 0 Å². The summed E-state index contributed by atoms with van der Waals surface area (Å²) in [6, 6.07) is 3.69. The van der Waals surface area contributed by atoms with Gasteiger partial charge in [-0.25, -0.2) is 0 Å². The van der Waals surface area contributed by atoms with Crippen molar-refractivity contribution in [1.82, 2.24) is 9.88 Å². The van der Waals surface area contributed by atoms with E-state index in [4.69, 9.17) is 0 Å². The first-order valence-corrected chi connectivity index (χ1v) is 7.38. The molecular formula is C16H24N2O2. The molecule has 1 aromatic rings. The summed E-state index contributed by atoms with van der Waals surface area (Å²) in [4.78, 5) is 18.7. The zero-order chi connectivity index (χ0) is 14.8. The first-order chi connectivity index (χ1) is 9.44. The van der Waals surface area contributed by atoms with Crippen molar-refractivity contribution in [2.24, 2.45) is 0 Å². The van der Waals surface area contributed by atoms with Crippen molar-refractivity contribution in [3.8, 4) is 0 Å². The summed E-state index contributed by atoms with van der Waals surface area (Å²) in [7, 11) is 0. The molecule has 1 aromatic heterocycles. The number of piperidine rings is 1. The van der Waals surface area contributed by atoms with E-state index < -0.39 is 0 Å². The molecule has 0 radical (unpaired) electrons. The van der Waals surface area contributed by atoms with Gasteiger partial charge in [-0.1, -0.05) is 20.8 Å². The fourth-order valence-corrected chi connectivity index (χ4v) is 2.37. The van der Waals surface area contributed by atoms with E-state index in [-0.39, 0.29) is 17.4 Å². The van der Waals surface area contributed by atoms with Crippen LogP contribution in [0, 0.1) is 0 Å². The number of amides is 1. The van der Waals surface area contributed by atoms with Crippen molar-refractivity contribution in [3.63, 3.8) is 0 Å². The number of aromatic nitrogens is 1. The highest BCUT2D eigenvalue weighted by Crippen LogP contribution is 2.25. The van der Waals surface area contributed by atoms with Crippen LogP contribution in [0.3, 0.4) is 0 Å². The maximum Gasteiger partial charge on any atom is 0.253 e. The lowest BCUT2D eigenvalue weighted by atomic mass is 9.85. The second-order valence-electron chi connectivity index (χ2n) is 6.19. The number of pyridine rings is 1. The van der Waals surface area contributed by atoms with Gasteiger partial charge in [-0.3, -0.25) is 9.78 Å². The van der Waals surface area contributed by atoms with Crippen molar-refractivity contribution in [2.75, 3.05) is 13.1 Å². The minimum atomic E-state index is -0.258. The van der Waals surface area contributed by atoms with Gasteiger partial charge in [0.25, 0.3) is 5.91 Å². The maximum atomic E-state index is 12.5. The highest BCUT2D eigenvalue weighted by Gasteiger charge is 2.25. The molecule has 2 heterocycles. The number of aliphatic hydroxyl groups is 1. The van der Waals surface area contributed by atoms with Crippen LogP contribution in [0.1, 0.15) is 56.1 Å². The Bertz CT molecular complexity index is 477. The Balaban J connectivity index is 2.16. The molecule has 110 valence electrons. The Morgan fingerprint density at radius 1 is 1.45 bits per heavy atom. The summed E-state index contributed by atoms with van der Waals surface area (Å²) in [5.74, 6) is 0.0486. The Kier molecular flexibility index (Phi) is 4.43. The van der Waals surface area contributed by atoms with Crippen LogP contribution in [0.5, 0.6) is 0 Å². The van der Waals surface area contributed by atoms with Gasteiger partial charge in [-0.2, -0.15) is 0 Å². The lowest BCUT2D eigenvalue weighted by Crippen LogP contribution is -2.40. The molecule has 1 N–H and O–H groups in total. The van der Waals surface area contributed by atoms with Crippen molar-refractivity contribution < 1.29 is 9.90 Å². The molecule has 0 bridgehead atoms. The Hall–Kier alpha value is -1.42. The average molecular weight is 276 g/mol. The van der Waals surface area contributed by atoms with E-state index in [1.165, 1.54) is 0 Å². The van der Waals surface area contributed by atoms with E-state index in [9.17, 15) is 9.90 Å². The fraction of sp³-hybridized carbons (Fsp3) is 0.625. The van der Waals surface area contributed by atoms with Crippen molar-refractivity contribution in [3.05, 3.63) is 29.6 Å². The average Bonchev–Trinajstić information content (AvgIpc) is 2.47. The predicted octanol–water partition coefficient (Wildman–Crippen LogP) is 2.37. The zero-order valence-corrected chi connectivity index (χ0v) is 12.6. The van der Waals surface area contributed by atoms with Crippen LogP contribution in [0.25, 0.3) is 0 Å². The molecule has 2 rings (SSSR count). The van der Waals surface area contributed by atoms with E-state index in [0.29, 0.717) is 31.5 Å². The molecule has 0 atom stereocenters. The third-order valence-electron chi connectivity index (χ3n) is 4.34. The second kappa shape index (κ2) is 5.92. The number of rotatable bonds is 3. The normalized spacial score (nSPS) is 17.3. The molecule has 4 heteroatoms. The molecule has 1 fully saturated rings. The van der Waals surface area contributed by atoms with E-state index in [1.54, 1.807) is 12.3 Å². The Labute approximate surface area is 120 Å². The van der Waals surface area contributed by atoms with Crippen LogP contribution in [0.15, 0.2) is 18.3 Å². The molecule has 20 heavy (non-hydrogen) atoms. The first kappa shape index (κ1) is 15.0. The van der Waals surface area contributed by atoms with Crippen LogP contribution >= 0.6 is 0 Å². The number of hydrogen-bond donors (Lipinski definition) is 1. The Morgan fingerprint density at radius 3 is 2.70 bits per heavy atom. The van der Waals surface area contributed by atoms with Gasteiger partial charge >= 0.3 is 0 Å². The Morgan fingerprint density at radius 2 is 2.10 bits per heavy atom. The van der Waals surface area contributed by atoms with Gasteiger partial charge in [0.1, 0.15) is 0 Å². The molecule has 0 aliphatic carbocycles. The number of likely N-dealkylation sites (tertiary alicyclic amines) is 1. The van der Waals surface area contributed by atoms with Crippen LogP contribution in [0.2, 0.25) is 0 Å². The van der Waals surface area contributed by atoms with E-state index in [1.807, 2.05) is 11.0 Å². The van der Waals surface area contributed by atoms with Crippen LogP contribution in [-0.4, -0.2) is 40.1 Å². The van der Waals surface area contributed by atoms with Crippen molar-refractivity contribution in [2.45, 2.75) is 51.6 Å². The minimum absolute atomic E-state index is 0.0195. The molecular weight excluding hydrogens is 252 g/mol. The molecule has 1 aliphatic heterocycles. The topological polar surface area (TPSA) is 53.4 Å². The fourth-order valence-electron chi connectivity index (χ4n) is 2.37. The maximum absolute atomic E-state index is 12.5. The number of carbonyl (C=O) groups excluding carboxylic acids is 1. The lowest BCUT2D eigenvalue weighted by Gasteiger charge is -2.30. The molecule has 4 nitrogen and oxygen atoms in total. The number of nitrogens with zero attached hydrogens (tertiary/aromatic N) is 2. The number of hydrogen-bond acceptors (Lipinski definition) is 3. The molecule has 0 unspecified atom stereocenters. The predicted molar refractivity (Wildman–Crippen MR) is 78.7 cm³/mol. The monoisotopic (exact) mass is 276 g/mol. The molecule has 1 amide bonds. The van der Waals surface area contributed by atoms with E-state index >= 15 is 0 Å². The summed E-state index contributed by atoms with van der Waals surface area (Å²) in [6.07, 6.45) is 3.78. The van der Waals surface area contributed by atoms with Gasteiger partial charge in [0, 0.05) is 36.0 Å². The van der Waals surface area contributed by atoms with Gasteiger partial charge < -0.3 is 10.0 Å². The van der Waals surface area contributed by atoms with Gasteiger partial charge in [0.2, 0.25) is 0 Å². The standard InChI is InChI=1S/C16H24N2O2/c1-4-16(2,3)14-11-12(5-8-17-14)15(20)18-9-6-13(19)7-10-18/h5,8,11,13,19H,4,6-7,9-10H2,1-3H3. The molecule has 1 aliphatic rings. The van der Waals surface area contributed by atoms with E-state index in [2.05, 4.69) is 25.8 Å². The van der Waals surface area contributed by atoms with Crippen molar-refractivity contribution >= 4 is 5.91 Å². The van der Waals surface area contributed by atoms with Crippen LogP contribution < -0.4 is 0 Å². The smallest absolute Gasteiger partial charge is 0.253 e. The highest BCUT2D eigenvalue weighted by molar-refractivity contribution is 5.94. The third-order valence-corrected chi connectivity index (χ3v) is 4.34. The molecule has 1 saturated heterocycles. The largest absolute Gasteiger partial charge is 0.393 e. The van der Waals surface area contributed by atoms with Gasteiger partial charge in [0.05, 0.1) is 6.10 Å². The zero-order valence-electron chi connectivity index (χ0n) is 12.6. The SMILES string of the molecule is CCC(C)(C)c1cc(C(=O)N2CCC(O)CC2)ccn1. The number of carbonyl (C=O) groups is 1. The van der Waals surface area contributed by atoms with E-state index in [0.717, 1.165) is 12.1 Å². The summed E-state index contributed by atoms with van der Waals surface area (Å²) >= 11 is 0. The van der Waals surface area contributed by atoms with Crippen molar-refractivity contribution in [1.29, 1.82) is 0 Å². The first-order valence-electron chi connectivity index (χ1n) is 7.38. The van der Waals surface area contributed by atoms with Gasteiger partial charge in [-0.15, -0.1) is 0 Å². The third kappa shape index (κ3) is 3.18. The molecule has 0 aromatic carbocycles. The quantitative estimate of drug-likeness (QED) is 0.922. The second-order valence-corrected chi connectivity index (χ2v) is 6.19. The summed E-state index contributed by atoms with van der Waals surface area (Å²) < 4.78 is 0. The lowest BCUT2D eigenvalue weighted by molar-refractivity contribution is 0.0546. The molecule has 0 saturated carbocycles. The summed E-state index contributed by atoms with van der Waals surface area (Å²) in [6.45, 7) is 7.67. The summed E-state index contributed by atoms with van der Waals surface area (Å²) in [5, 5.41) is 9.51. The summed E-state index contributed by atoms with van der Waals surface area (Å²) in [5.41, 5.74) is 1.64.